The van der Waals surface area contributed by atoms with Crippen molar-refractivity contribution in [3.63, 3.8) is 0 Å². The van der Waals surface area contributed by atoms with Gasteiger partial charge in [-0.3, -0.25) is 24.6 Å². The maximum atomic E-state index is 15.0. The van der Waals surface area contributed by atoms with Crippen LogP contribution in [0.5, 0.6) is 0 Å². The highest BCUT2D eigenvalue weighted by Crippen LogP contribution is 2.47. The first-order valence-corrected chi connectivity index (χ1v) is 32.9. The SMILES string of the molecule is CCc1cccc(-c2cnc(C(=O)N3CCN(CC45CCC(NCC(=O)NCCN(C[C@@H](C(=O)N6CCN(c7ncnc8c7[C@H](C)C[C@H]8O)CC6)c6ccc(Cl)cc6)C(=O)OCC6c7ccccc7-c7ccccc76)(CC4)CO5)CC3)c(NC(=O)OC(C)(C)C)c2)c1. The predicted molar refractivity (Wildman–Crippen MR) is 352 cm³/mol. The number of nitrogens with zero attached hydrogens (tertiary/aromatic N) is 8. The molecule has 0 unspecified atom stereocenters. The second-order valence-electron chi connectivity index (χ2n) is 26.6. The monoisotopic (exact) mass is 1270 g/mol. The van der Waals surface area contributed by atoms with E-state index in [-0.39, 0.29) is 79.2 Å². The molecule has 3 aliphatic carbocycles. The Balaban J connectivity index is 0.661. The third kappa shape index (κ3) is 14.1. The molecule has 0 radical (unpaired) electrons. The zero-order chi connectivity index (χ0) is 64.3. The van der Waals surface area contributed by atoms with E-state index in [1.54, 1.807) is 55.0 Å². The van der Waals surface area contributed by atoms with Crippen molar-refractivity contribution >= 4 is 53.0 Å². The van der Waals surface area contributed by atoms with Gasteiger partial charge < -0.3 is 49.6 Å². The minimum absolute atomic E-state index is 0.0203. The van der Waals surface area contributed by atoms with Gasteiger partial charge in [-0.1, -0.05) is 110 Å². The van der Waals surface area contributed by atoms with Gasteiger partial charge in [0, 0.05) is 112 Å². The van der Waals surface area contributed by atoms with Gasteiger partial charge in [-0.25, -0.2) is 24.5 Å². The first-order chi connectivity index (χ1) is 44.3. The average Bonchev–Trinajstić information content (AvgIpc) is 1.46. The Hall–Kier alpha value is -8.01. The number of carbonyl (C=O) groups is 5. The zero-order valence-electron chi connectivity index (χ0n) is 53.3. The number of aryl methyl sites for hydroxylation is 1. The number of nitrogens with one attached hydrogen (secondary N) is 3. The number of ether oxygens (including phenoxy) is 3. The highest BCUT2D eigenvalue weighted by molar-refractivity contribution is 6.30. The number of aromatic nitrogens is 3. The second-order valence-corrected chi connectivity index (χ2v) is 27.1. The predicted octanol–water partition coefficient (Wildman–Crippen LogP) is 9.57. The van der Waals surface area contributed by atoms with E-state index in [4.69, 9.17) is 25.8 Å². The first kappa shape index (κ1) is 64.1. The summed E-state index contributed by atoms with van der Waals surface area (Å²) in [6, 6.07) is 33.4. The van der Waals surface area contributed by atoms with Crippen LogP contribution in [0, 0.1) is 0 Å². The minimum atomic E-state index is -0.793. The fraction of sp³-hybridized carbons (Fsp3) is 0.465. The van der Waals surface area contributed by atoms with Crippen molar-refractivity contribution in [3.8, 4) is 22.3 Å². The second kappa shape index (κ2) is 27.3. The van der Waals surface area contributed by atoms with Crippen LogP contribution in [0.15, 0.2) is 116 Å². The van der Waals surface area contributed by atoms with Crippen LogP contribution in [-0.4, -0.2) is 185 Å². The van der Waals surface area contributed by atoms with Crippen LogP contribution in [0.4, 0.5) is 21.1 Å². The quantitative estimate of drug-likeness (QED) is 0.0593. The molecule has 7 aliphatic rings. The Bertz CT molecular complexity index is 3630. The smallest absolute Gasteiger partial charge is 0.412 e. The lowest BCUT2D eigenvalue weighted by Crippen LogP contribution is -2.65. The molecule has 4 saturated heterocycles. The number of pyridine rings is 1. The van der Waals surface area contributed by atoms with Crippen molar-refractivity contribution in [3.05, 3.63) is 160 Å². The van der Waals surface area contributed by atoms with E-state index < -0.39 is 29.8 Å². The standard InChI is InChI=1S/C71H84ClN11O9/c1-6-47-12-11-13-49(37-47)50-38-58(78-67(88)92-69(3,4)5)62(74-39-50)66(87)82-30-28-79(29-31-82)43-71-24-22-70(23-25-71,44-91-71)77-40-60(85)73-26-27-83(68(89)90-42-57-54-16-9-7-14-52(54)53-15-8-10-17-55(53)57)41-56(48-18-20-51(72)21-19-48)65(86)81-34-32-80(33-35-81)64-61-46(2)36-59(84)63(61)75-45-76-64/h7-21,37-39,45-46,56-57,59,77,84H,6,22-36,40-44H2,1-5H3,(H,73,85)(H,78,88)/t46-,56-,59-,70?,71?/m1/s1. The molecule has 484 valence electrons. The van der Waals surface area contributed by atoms with E-state index in [0.29, 0.717) is 87.4 Å². The molecule has 92 heavy (non-hydrogen) atoms. The summed E-state index contributed by atoms with van der Waals surface area (Å²) in [6.07, 6.45) is 6.02. The van der Waals surface area contributed by atoms with Gasteiger partial charge in [0.1, 0.15) is 24.4 Å². The fourth-order valence-electron chi connectivity index (χ4n) is 14.3. The summed E-state index contributed by atoms with van der Waals surface area (Å²) in [6.45, 7) is 15.1. The average molecular weight is 1270 g/mol. The van der Waals surface area contributed by atoms with Gasteiger partial charge >= 0.3 is 12.2 Å². The Morgan fingerprint density at radius 1 is 0.815 bits per heavy atom. The van der Waals surface area contributed by atoms with Crippen LogP contribution < -0.4 is 20.9 Å². The molecule has 1 saturated carbocycles. The van der Waals surface area contributed by atoms with Gasteiger partial charge in [0.15, 0.2) is 5.69 Å². The van der Waals surface area contributed by atoms with E-state index >= 15 is 4.79 Å². The van der Waals surface area contributed by atoms with Crippen LogP contribution in [0.25, 0.3) is 22.3 Å². The summed E-state index contributed by atoms with van der Waals surface area (Å²) >= 11 is 6.43. The van der Waals surface area contributed by atoms with E-state index in [9.17, 15) is 24.3 Å². The number of fused-ring (bicyclic) bond motifs is 7. The number of aliphatic hydroxyl groups is 1. The number of carbonyl (C=O) groups excluding carboxylic acids is 5. The number of hydrogen-bond acceptors (Lipinski definition) is 15. The molecule has 5 fully saturated rings. The maximum Gasteiger partial charge on any atom is 0.412 e. The van der Waals surface area contributed by atoms with E-state index in [0.717, 1.165) is 89.0 Å². The lowest BCUT2D eigenvalue weighted by molar-refractivity contribution is -0.173. The highest BCUT2D eigenvalue weighted by atomic mass is 35.5. The van der Waals surface area contributed by atoms with Crippen LogP contribution in [0.1, 0.15) is 135 Å². The van der Waals surface area contributed by atoms with Gasteiger partial charge in [0.2, 0.25) is 11.8 Å². The Morgan fingerprint density at radius 3 is 2.18 bits per heavy atom. The van der Waals surface area contributed by atoms with Crippen molar-refractivity contribution in [1.82, 2.24) is 45.2 Å². The van der Waals surface area contributed by atoms with Gasteiger partial charge in [-0.15, -0.1) is 0 Å². The summed E-state index contributed by atoms with van der Waals surface area (Å²) in [7, 11) is 0. The number of aliphatic hydroxyl groups excluding tert-OH is 1. The molecule has 20 nitrogen and oxygen atoms in total. The summed E-state index contributed by atoms with van der Waals surface area (Å²) in [4.78, 5) is 94.3. The molecule has 4 aliphatic heterocycles. The first-order valence-electron chi connectivity index (χ1n) is 32.5. The molecule has 4 aromatic carbocycles. The highest BCUT2D eigenvalue weighted by Gasteiger charge is 2.51. The third-order valence-electron chi connectivity index (χ3n) is 19.4. The number of piperazine rings is 2. The van der Waals surface area contributed by atoms with Gasteiger partial charge in [-0.05, 0) is 122 Å². The van der Waals surface area contributed by atoms with Crippen LogP contribution in [0.3, 0.4) is 0 Å². The van der Waals surface area contributed by atoms with Crippen molar-refractivity contribution in [2.24, 2.45) is 0 Å². The number of hydrogen-bond donors (Lipinski definition) is 4. The van der Waals surface area contributed by atoms with Gasteiger partial charge in [0.25, 0.3) is 5.91 Å². The van der Waals surface area contributed by atoms with Crippen molar-refractivity contribution in [2.45, 2.75) is 114 Å². The lowest BCUT2D eigenvalue weighted by Gasteiger charge is -2.55. The fourth-order valence-corrected chi connectivity index (χ4v) is 14.4. The molecular formula is C71H84ClN11O9. The largest absolute Gasteiger partial charge is 0.448 e. The van der Waals surface area contributed by atoms with Crippen LogP contribution >= 0.6 is 11.6 Å². The number of rotatable bonds is 19. The molecule has 13 rings (SSSR count). The van der Waals surface area contributed by atoms with E-state index in [1.165, 1.54) is 6.33 Å². The van der Waals surface area contributed by atoms with Gasteiger partial charge in [0.05, 0.1) is 42.2 Å². The third-order valence-corrected chi connectivity index (χ3v) is 19.7. The van der Waals surface area contributed by atoms with Gasteiger partial charge in [-0.2, -0.15) is 0 Å². The molecule has 5 amide bonds. The van der Waals surface area contributed by atoms with Crippen molar-refractivity contribution in [2.75, 3.05) is 109 Å². The van der Waals surface area contributed by atoms with Crippen LogP contribution in [0.2, 0.25) is 5.02 Å². The molecule has 2 aromatic heterocycles. The molecule has 3 atom stereocenters. The van der Waals surface area contributed by atoms with Crippen LogP contribution in [-0.2, 0) is 30.2 Å². The lowest BCUT2D eigenvalue weighted by atomic mass is 9.71. The maximum absolute atomic E-state index is 15.0. The summed E-state index contributed by atoms with van der Waals surface area (Å²) in [5, 5.41) is 20.7. The molecule has 2 bridgehead atoms. The molecule has 4 N–H and O–H groups in total. The Morgan fingerprint density at radius 2 is 1.51 bits per heavy atom. The normalized spacial score (nSPS) is 21.4. The Labute approximate surface area is 543 Å². The topological polar surface area (TPSA) is 224 Å². The molecule has 6 aromatic rings. The number of anilines is 2. The molecule has 0 spiro atoms. The summed E-state index contributed by atoms with van der Waals surface area (Å²) < 4.78 is 18.6. The number of halogens is 1. The van der Waals surface area contributed by atoms with Crippen molar-refractivity contribution in [1.29, 1.82) is 0 Å². The summed E-state index contributed by atoms with van der Waals surface area (Å²) in [5.41, 5.74) is 8.54. The Kier molecular flexibility index (Phi) is 19.0. The number of amides is 5. The molecule has 6 heterocycles. The molecule has 21 heteroatoms. The number of benzene rings is 4. The zero-order valence-corrected chi connectivity index (χ0v) is 54.1. The minimum Gasteiger partial charge on any atom is -0.448 e. The van der Waals surface area contributed by atoms with E-state index in [1.807, 2.05) is 53.4 Å². The molecular weight excluding hydrogens is 1190 g/mol. The van der Waals surface area contributed by atoms with E-state index in [2.05, 4.69) is 90.9 Å². The summed E-state index contributed by atoms with van der Waals surface area (Å²) in [5.74, 6) is -0.743. The van der Waals surface area contributed by atoms with Crippen molar-refractivity contribution < 1.29 is 43.3 Å².